The van der Waals surface area contributed by atoms with E-state index in [2.05, 4.69) is 28.7 Å². The highest BCUT2D eigenvalue weighted by molar-refractivity contribution is 14.1. The highest BCUT2D eigenvalue weighted by Gasteiger charge is 2.02. The van der Waals surface area contributed by atoms with Crippen molar-refractivity contribution in [3.63, 3.8) is 0 Å². The number of alkyl halides is 1. The molecule has 2 aromatic rings. The second-order valence-electron chi connectivity index (χ2n) is 3.05. The third-order valence-corrected chi connectivity index (χ3v) is 2.53. The van der Waals surface area contributed by atoms with E-state index in [9.17, 15) is 0 Å². The molecule has 0 unspecified atom stereocenters. The minimum Gasteiger partial charge on any atom is -0.413 e. The van der Waals surface area contributed by atoms with Crippen molar-refractivity contribution < 1.29 is 4.84 Å². The van der Waals surface area contributed by atoms with Crippen LogP contribution < -0.4 is 4.84 Å². The molecule has 15 heavy (non-hydrogen) atoms. The third kappa shape index (κ3) is 2.07. The van der Waals surface area contributed by atoms with Gasteiger partial charge in [-0.05, 0) is 18.2 Å². The van der Waals surface area contributed by atoms with Crippen molar-refractivity contribution in [2.75, 3.05) is 11.0 Å². The first-order valence-electron chi connectivity index (χ1n) is 4.55. The Kier molecular flexibility index (Phi) is 3.11. The maximum absolute atomic E-state index is 8.80. The van der Waals surface area contributed by atoms with Gasteiger partial charge in [-0.2, -0.15) is 9.99 Å². The molecule has 0 radical (unpaired) electrons. The second kappa shape index (κ2) is 4.53. The summed E-state index contributed by atoms with van der Waals surface area (Å²) in [5.74, 6) is 0. The summed E-state index contributed by atoms with van der Waals surface area (Å²) in [7, 11) is 0. The highest BCUT2D eigenvalue weighted by Crippen LogP contribution is 2.16. The lowest BCUT2D eigenvalue weighted by molar-refractivity contribution is 0.136. The topological polar surface area (TPSA) is 38.0 Å². The molecule has 0 amide bonds. The van der Waals surface area contributed by atoms with Crippen molar-refractivity contribution in [2.45, 2.75) is 0 Å². The van der Waals surface area contributed by atoms with E-state index in [0.29, 0.717) is 12.2 Å². The van der Waals surface area contributed by atoms with Crippen LogP contribution in [0.25, 0.3) is 10.9 Å². The largest absolute Gasteiger partial charge is 0.413 e. The van der Waals surface area contributed by atoms with E-state index in [1.807, 2.05) is 30.5 Å². The van der Waals surface area contributed by atoms with Crippen LogP contribution in [0.3, 0.4) is 0 Å². The molecule has 3 nitrogen and oxygen atoms in total. The number of halogens is 1. The smallest absolute Gasteiger partial charge is 0.124 e. The first-order valence-corrected chi connectivity index (χ1v) is 6.08. The lowest BCUT2D eigenvalue weighted by atomic mass is 10.2. The summed E-state index contributed by atoms with van der Waals surface area (Å²) in [5, 5.41) is 9.89. The van der Waals surface area contributed by atoms with Gasteiger partial charge >= 0.3 is 0 Å². The van der Waals surface area contributed by atoms with E-state index in [0.717, 1.165) is 15.3 Å². The summed E-state index contributed by atoms with van der Waals surface area (Å²) >= 11 is 2.26. The van der Waals surface area contributed by atoms with E-state index in [1.54, 1.807) is 4.73 Å². The molecule has 1 aromatic heterocycles. The Hall–Kier alpha value is -1.22. The van der Waals surface area contributed by atoms with Gasteiger partial charge in [0, 0.05) is 16.0 Å². The molecule has 1 heterocycles. The Balaban J connectivity index is 2.43. The fourth-order valence-corrected chi connectivity index (χ4v) is 1.62. The zero-order valence-corrected chi connectivity index (χ0v) is 10.1. The number of aromatic nitrogens is 1. The Morgan fingerprint density at radius 2 is 2.27 bits per heavy atom. The standard InChI is InChI=1S/C11H9IN2O/c12-4-6-15-14-5-3-10-2-1-9(8-13)7-11(10)14/h1-3,5,7H,4,6H2. The molecule has 76 valence electrons. The van der Waals surface area contributed by atoms with Crippen LogP contribution in [0.2, 0.25) is 0 Å². The van der Waals surface area contributed by atoms with Gasteiger partial charge in [-0.1, -0.05) is 28.7 Å². The highest BCUT2D eigenvalue weighted by atomic mass is 127. The van der Waals surface area contributed by atoms with Crippen LogP contribution in [-0.4, -0.2) is 15.8 Å². The lowest BCUT2D eigenvalue weighted by Crippen LogP contribution is -2.11. The fourth-order valence-electron chi connectivity index (χ4n) is 1.42. The lowest BCUT2D eigenvalue weighted by Gasteiger charge is -2.05. The predicted molar refractivity (Wildman–Crippen MR) is 67.0 cm³/mol. The van der Waals surface area contributed by atoms with Crippen molar-refractivity contribution in [1.29, 1.82) is 5.26 Å². The summed E-state index contributed by atoms with van der Waals surface area (Å²) in [4.78, 5) is 5.51. The van der Waals surface area contributed by atoms with Gasteiger partial charge in [-0.15, -0.1) is 0 Å². The molecule has 0 saturated heterocycles. The first kappa shape index (κ1) is 10.3. The van der Waals surface area contributed by atoms with E-state index in [4.69, 9.17) is 10.1 Å². The quantitative estimate of drug-likeness (QED) is 0.645. The first-order chi connectivity index (χ1) is 7.35. The van der Waals surface area contributed by atoms with Crippen LogP contribution in [0.1, 0.15) is 5.56 Å². The molecule has 0 fully saturated rings. The molecule has 0 N–H and O–H groups in total. The minimum absolute atomic E-state index is 0.653. The van der Waals surface area contributed by atoms with Gasteiger partial charge < -0.3 is 4.84 Å². The molecule has 4 heteroatoms. The van der Waals surface area contributed by atoms with Crippen molar-refractivity contribution in [2.24, 2.45) is 0 Å². The van der Waals surface area contributed by atoms with Crippen LogP contribution in [0, 0.1) is 11.3 Å². The Labute approximate surface area is 101 Å². The second-order valence-corrected chi connectivity index (χ2v) is 4.13. The Bertz CT molecular complexity index is 513. The van der Waals surface area contributed by atoms with Crippen LogP contribution in [0.4, 0.5) is 0 Å². The summed E-state index contributed by atoms with van der Waals surface area (Å²) in [6.45, 7) is 0.668. The monoisotopic (exact) mass is 312 g/mol. The van der Waals surface area contributed by atoms with Gasteiger partial charge in [0.05, 0.1) is 17.1 Å². The summed E-state index contributed by atoms with van der Waals surface area (Å²) < 4.78 is 2.66. The van der Waals surface area contributed by atoms with E-state index >= 15 is 0 Å². The molecular formula is C11H9IN2O. The Morgan fingerprint density at radius 3 is 3.00 bits per heavy atom. The van der Waals surface area contributed by atoms with Gasteiger partial charge in [-0.25, -0.2) is 0 Å². The molecule has 0 saturated carbocycles. The molecule has 0 aliphatic rings. The molecule has 0 spiro atoms. The van der Waals surface area contributed by atoms with Gasteiger partial charge in [0.15, 0.2) is 0 Å². The predicted octanol–water partition coefficient (Wildman–Crippen LogP) is 2.38. The van der Waals surface area contributed by atoms with Crippen LogP contribution in [-0.2, 0) is 0 Å². The number of hydrogen-bond donors (Lipinski definition) is 0. The number of nitriles is 1. The maximum Gasteiger partial charge on any atom is 0.124 e. The molecule has 0 aliphatic carbocycles. The van der Waals surface area contributed by atoms with Gasteiger partial charge in [-0.3, -0.25) is 0 Å². The van der Waals surface area contributed by atoms with Gasteiger partial charge in [0.2, 0.25) is 0 Å². The van der Waals surface area contributed by atoms with Crippen LogP contribution in [0.5, 0.6) is 0 Å². The number of benzene rings is 1. The van der Waals surface area contributed by atoms with Crippen LogP contribution in [0.15, 0.2) is 30.5 Å². The summed E-state index contributed by atoms with van der Waals surface area (Å²) in [5.41, 5.74) is 1.60. The SMILES string of the molecule is N#Cc1ccc2ccn(OCCI)c2c1. The summed E-state index contributed by atoms with van der Waals surface area (Å²) in [6, 6.07) is 9.67. The molecule has 0 atom stereocenters. The molecule has 0 bridgehead atoms. The minimum atomic E-state index is 0.653. The Morgan fingerprint density at radius 1 is 1.40 bits per heavy atom. The molecule has 2 rings (SSSR count). The normalized spacial score (nSPS) is 10.1. The number of nitrogens with zero attached hydrogens (tertiary/aromatic N) is 2. The molecule has 0 aliphatic heterocycles. The number of rotatable bonds is 3. The van der Waals surface area contributed by atoms with Gasteiger partial charge in [0.1, 0.15) is 6.61 Å². The van der Waals surface area contributed by atoms with Crippen molar-refractivity contribution in [3.8, 4) is 6.07 Å². The average molecular weight is 312 g/mol. The molecule has 1 aromatic carbocycles. The van der Waals surface area contributed by atoms with E-state index in [-0.39, 0.29) is 0 Å². The van der Waals surface area contributed by atoms with E-state index < -0.39 is 0 Å². The van der Waals surface area contributed by atoms with Crippen molar-refractivity contribution in [1.82, 2.24) is 4.73 Å². The van der Waals surface area contributed by atoms with Crippen molar-refractivity contribution in [3.05, 3.63) is 36.0 Å². The zero-order chi connectivity index (χ0) is 10.7. The third-order valence-electron chi connectivity index (χ3n) is 2.09. The van der Waals surface area contributed by atoms with Gasteiger partial charge in [0.25, 0.3) is 0 Å². The maximum atomic E-state index is 8.80. The zero-order valence-electron chi connectivity index (χ0n) is 7.98. The fraction of sp³-hybridized carbons (Fsp3) is 0.182. The number of fused-ring (bicyclic) bond motifs is 1. The van der Waals surface area contributed by atoms with Crippen molar-refractivity contribution >= 4 is 33.5 Å². The number of hydrogen-bond acceptors (Lipinski definition) is 2. The molecular weight excluding hydrogens is 303 g/mol. The van der Waals surface area contributed by atoms with Crippen LogP contribution >= 0.6 is 22.6 Å². The van der Waals surface area contributed by atoms with E-state index in [1.165, 1.54) is 0 Å². The summed E-state index contributed by atoms with van der Waals surface area (Å²) in [6.07, 6.45) is 1.87. The average Bonchev–Trinajstić information content (AvgIpc) is 2.68.